The van der Waals surface area contributed by atoms with Gasteiger partial charge in [-0.3, -0.25) is 9.59 Å². The molecule has 2 amide bonds. The fourth-order valence-electron chi connectivity index (χ4n) is 2.85. The molecular weight excluding hydrogens is 356 g/mol. The summed E-state index contributed by atoms with van der Waals surface area (Å²) in [4.78, 5) is 27.4. The lowest BCUT2D eigenvalue weighted by atomic mass is 10.1. The van der Waals surface area contributed by atoms with Gasteiger partial charge in [-0.2, -0.15) is 0 Å². The minimum absolute atomic E-state index is 0.223. The van der Waals surface area contributed by atoms with Crippen molar-refractivity contribution in [2.45, 2.75) is 6.92 Å². The number of morpholine rings is 1. The molecule has 1 saturated heterocycles. The van der Waals surface area contributed by atoms with Crippen LogP contribution in [0.25, 0.3) is 6.08 Å². The van der Waals surface area contributed by atoms with E-state index in [-0.39, 0.29) is 17.5 Å². The quantitative estimate of drug-likeness (QED) is 0.810. The average Bonchev–Trinajstić information content (AvgIpc) is 2.74. The molecule has 0 atom stereocenters. The molecule has 1 N–H and O–H groups in total. The largest absolute Gasteiger partial charge is 0.497 e. The predicted octanol–water partition coefficient (Wildman–Crippen LogP) is 2.63. The molecule has 0 saturated carbocycles. The molecule has 2 aromatic carbocycles. The molecule has 6 heteroatoms. The minimum Gasteiger partial charge on any atom is -0.497 e. The second kappa shape index (κ2) is 9.19. The molecule has 3 rings (SSSR count). The third kappa shape index (κ3) is 4.98. The number of hydrogen-bond acceptors (Lipinski definition) is 4. The molecule has 6 nitrogen and oxygen atoms in total. The number of carbonyl (C=O) groups is 2. The first kappa shape index (κ1) is 19.6. The summed E-state index contributed by atoms with van der Waals surface area (Å²) < 4.78 is 10.5. The number of benzene rings is 2. The summed E-state index contributed by atoms with van der Waals surface area (Å²) in [6.45, 7) is 3.94. The van der Waals surface area contributed by atoms with Gasteiger partial charge < -0.3 is 19.7 Å². The summed E-state index contributed by atoms with van der Waals surface area (Å²) in [5, 5.41) is 2.79. The molecule has 0 radical (unpaired) electrons. The number of carbonyl (C=O) groups excluding carboxylic acids is 2. The van der Waals surface area contributed by atoms with E-state index in [1.165, 1.54) is 0 Å². The topological polar surface area (TPSA) is 67.9 Å². The van der Waals surface area contributed by atoms with Crippen molar-refractivity contribution in [2.75, 3.05) is 33.4 Å². The van der Waals surface area contributed by atoms with Gasteiger partial charge in [-0.1, -0.05) is 29.8 Å². The third-order valence-corrected chi connectivity index (χ3v) is 4.52. The Kier molecular flexibility index (Phi) is 6.45. The second-order valence-electron chi connectivity index (χ2n) is 6.56. The Labute approximate surface area is 164 Å². The molecule has 1 heterocycles. The van der Waals surface area contributed by atoms with Gasteiger partial charge >= 0.3 is 0 Å². The van der Waals surface area contributed by atoms with Gasteiger partial charge in [0.1, 0.15) is 11.4 Å². The van der Waals surface area contributed by atoms with E-state index in [0.717, 1.165) is 16.9 Å². The van der Waals surface area contributed by atoms with Crippen molar-refractivity contribution in [1.82, 2.24) is 10.2 Å². The maximum atomic E-state index is 13.0. The van der Waals surface area contributed by atoms with Crippen LogP contribution in [0.15, 0.2) is 54.2 Å². The molecule has 2 aromatic rings. The van der Waals surface area contributed by atoms with Crippen molar-refractivity contribution in [1.29, 1.82) is 0 Å². The van der Waals surface area contributed by atoms with Crippen molar-refractivity contribution >= 4 is 17.9 Å². The first-order valence-corrected chi connectivity index (χ1v) is 9.17. The predicted molar refractivity (Wildman–Crippen MR) is 107 cm³/mol. The van der Waals surface area contributed by atoms with Crippen LogP contribution in [-0.4, -0.2) is 50.1 Å². The van der Waals surface area contributed by atoms with E-state index in [1.807, 2.05) is 43.3 Å². The Bertz CT molecular complexity index is 851. The SMILES string of the molecule is COc1ccc(C=C(NC(=O)c2ccc(C)cc2)C(=O)N2CCOCC2)cc1. The zero-order valence-electron chi connectivity index (χ0n) is 16.1. The van der Waals surface area contributed by atoms with E-state index in [0.29, 0.717) is 31.9 Å². The van der Waals surface area contributed by atoms with Crippen LogP contribution in [0.1, 0.15) is 21.5 Å². The second-order valence-corrected chi connectivity index (χ2v) is 6.56. The molecule has 0 aromatic heterocycles. The Morgan fingerprint density at radius 2 is 1.68 bits per heavy atom. The number of ether oxygens (including phenoxy) is 2. The third-order valence-electron chi connectivity index (χ3n) is 4.52. The number of nitrogens with zero attached hydrogens (tertiary/aromatic N) is 1. The van der Waals surface area contributed by atoms with Crippen LogP contribution in [0.4, 0.5) is 0 Å². The molecule has 1 aliphatic rings. The lowest BCUT2D eigenvalue weighted by molar-refractivity contribution is -0.131. The summed E-state index contributed by atoms with van der Waals surface area (Å²) in [5.74, 6) is 0.183. The van der Waals surface area contributed by atoms with Gasteiger partial charge in [-0.05, 0) is 42.8 Å². The van der Waals surface area contributed by atoms with Crippen LogP contribution in [0.5, 0.6) is 5.75 Å². The van der Waals surface area contributed by atoms with E-state index in [1.54, 1.807) is 30.2 Å². The van der Waals surface area contributed by atoms with Crippen LogP contribution in [0.2, 0.25) is 0 Å². The van der Waals surface area contributed by atoms with Gasteiger partial charge in [0.25, 0.3) is 11.8 Å². The normalized spacial score (nSPS) is 14.5. The van der Waals surface area contributed by atoms with Gasteiger partial charge in [0, 0.05) is 18.7 Å². The summed E-state index contributed by atoms with van der Waals surface area (Å²) >= 11 is 0. The lowest BCUT2D eigenvalue weighted by Crippen LogP contribution is -2.44. The van der Waals surface area contributed by atoms with Crippen molar-refractivity contribution in [3.63, 3.8) is 0 Å². The minimum atomic E-state index is -0.318. The van der Waals surface area contributed by atoms with Crippen LogP contribution < -0.4 is 10.1 Å². The standard InChI is InChI=1S/C22H24N2O4/c1-16-3-7-18(8-4-16)21(25)23-20(22(26)24-11-13-28-14-12-24)15-17-5-9-19(27-2)10-6-17/h3-10,15H,11-14H2,1-2H3,(H,23,25). The maximum absolute atomic E-state index is 13.0. The van der Waals surface area contributed by atoms with E-state index in [2.05, 4.69) is 5.32 Å². The first-order chi connectivity index (χ1) is 13.6. The first-order valence-electron chi connectivity index (χ1n) is 9.17. The van der Waals surface area contributed by atoms with Gasteiger partial charge in [0.15, 0.2) is 0 Å². The molecule has 0 bridgehead atoms. The highest BCUT2D eigenvalue weighted by Crippen LogP contribution is 2.15. The van der Waals surface area contributed by atoms with Crippen molar-refractivity contribution in [3.05, 3.63) is 70.9 Å². The molecule has 28 heavy (non-hydrogen) atoms. The molecule has 1 aliphatic heterocycles. The van der Waals surface area contributed by atoms with E-state index < -0.39 is 0 Å². The zero-order chi connectivity index (χ0) is 19.9. The average molecular weight is 380 g/mol. The summed E-state index contributed by atoms with van der Waals surface area (Å²) in [6.07, 6.45) is 1.68. The highest BCUT2D eigenvalue weighted by molar-refractivity contribution is 6.05. The highest BCUT2D eigenvalue weighted by atomic mass is 16.5. The smallest absolute Gasteiger partial charge is 0.270 e. The monoisotopic (exact) mass is 380 g/mol. The lowest BCUT2D eigenvalue weighted by Gasteiger charge is -2.27. The van der Waals surface area contributed by atoms with Gasteiger partial charge in [0.2, 0.25) is 0 Å². The van der Waals surface area contributed by atoms with E-state index in [4.69, 9.17) is 9.47 Å². The van der Waals surface area contributed by atoms with E-state index >= 15 is 0 Å². The molecule has 0 spiro atoms. The fourth-order valence-corrected chi connectivity index (χ4v) is 2.85. The molecule has 0 aliphatic carbocycles. The number of hydrogen-bond donors (Lipinski definition) is 1. The fraction of sp³-hybridized carbons (Fsp3) is 0.273. The number of aryl methyl sites for hydroxylation is 1. The van der Waals surface area contributed by atoms with Crippen LogP contribution >= 0.6 is 0 Å². The van der Waals surface area contributed by atoms with Crippen LogP contribution in [-0.2, 0) is 9.53 Å². The van der Waals surface area contributed by atoms with Crippen molar-refractivity contribution in [2.24, 2.45) is 0 Å². The Hall–Kier alpha value is -3.12. The van der Waals surface area contributed by atoms with Gasteiger partial charge in [0.05, 0.1) is 20.3 Å². The van der Waals surface area contributed by atoms with Crippen LogP contribution in [0, 0.1) is 6.92 Å². The summed E-state index contributed by atoms with van der Waals surface area (Å²) in [7, 11) is 1.60. The van der Waals surface area contributed by atoms with Gasteiger partial charge in [-0.15, -0.1) is 0 Å². The number of amides is 2. The Balaban J connectivity index is 1.86. The number of rotatable bonds is 5. The summed E-state index contributed by atoms with van der Waals surface area (Å²) in [6, 6.07) is 14.5. The van der Waals surface area contributed by atoms with Crippen molar-refractivity contribution in [3.8, 4) is 5.75 Å². The van der Waals surface area contributed by atoms with Crippen molar-refractivity contribution < 1.29 is 19.1 Å². The zero-order valence-corrected chi connectivity index (χ0v) is 16.1. The number of nitrogens with one attached hydrogen (secondary N) is 1. The van der Waals surface area contributed by atoms with E-state index in [9.17, 15) is 9.59 Å². The Morgan fingerprint density at radius 1 is 1.04 bits per heavy atom. The molecule has 146 valence electrons. The molecular formula is C22H24N2O4. The molecule has 1 fully saturated rings. The van der Waals surface area contributed by atoms with Crippen LogP contribution in [0.3, 0.4) is 0 Å². The molecule has 0 unspecified atom stereocenters. The van der Waals surface area contributed by atoms with Gasteiger partial charge in [-0.25, -0.2) is 0 Å². The highest BCUT2D eigenvalue weighted by Gasteiger charge is 2.22. The summed E-state index contributed by atoms with van der Waals surface area (Å²) in [5.41, 5.74) is 2.59. The maximum Gasteiger partial charge on any atom is 0.270 e. The Morgan fingerprint density at radius 3 is 2.29 bits per heavy atom. The number of methoxy groups -OCH3 is 1.